The fraction of sp³-hybridized carbons (Fsp3) is 0.667. The first-order valence-corrected chi connectivity index (χ1v) is 8.65. The number of rotatable bonds is 6. The molecule has 1 saturated carbocycles. The van der Waals surface area contributed by atoms with E-state index < -0.39 is 0 Å². The van der Waals surface area contributed by atoms with Crippen LogP contribution >= 0.6 is 11.6 Å². The van der Waals surface area contributed by atoms with Crippen LogP contribution in [-0.2, 0) is 6.42 Å². The molecule has 1 aromatic rings. The highest BCUT2D eigenvalue weighted by Crippen LogP contribution is 2.32. The minimum Gasteiger partial charge on any atom is -0.313 e. The third kappa shape index (κ3) is 4.96. The first kappa shape index (κ1) is 16.8. The van der Waals surface area contributed by atoms with E-state index in [1.807, 2.05) is 6.07 Å². The van der Waals surface area contributed by atoms with Crippen molar-refractivity contribution in [1.29, 1.82) is 0 Å². The van der Waals surface area contributed by atoms with E-state index in [2.05, 4.69) is 19.2 Å². The molecule has 0 heterocycles. The Bertz CT molecular complexity index is 441. The number of nitrogens with one attached hydrogen (secondary N) is 1. The van der Waals surface area contributed by atoms with Gasteiger partial charge in [-0.2, -0.15) is 0 Å². The van der Waals surface area contributed by atoms with E-state index in [9.17, 15) is 4.39 Å². The van der Waals surface area contributed by atoms with Crippen molar-refractivity contribution < 1.29 is 4.39 Å². The summed E-state index contributed by atoms with van der Waals surface area (Å²) < 4.78 is 14.0. The number of hydrogen-bond acceptors (Lipinski definition) is 1. The fourth-order valence-corrected chi connectivity index (χ4v) is 3.51. The molecule has 2 rings (SSSR count). The minimum atomic E-state index is -0.171. The smallest absolute Gasteiger partial charge is 0.127 e. The van der Waals surface area contributed by atoms with Crippen LogP contribution in [0.15, 0.2) is 18.2 Å². The highest BCUT2D eigenvalue weighted by atomic mass is 35.5. The molecule has 1 N–H and O–H groups in total. The van der Waals surface area contributed by atoms with Gasteiger partial charge in [0.1, 0.15) is 5.82 Å². The van der Waals surface area contributed by atoms with Crippen LogP contribution in [-0.4, -0.2) is 12.6 Å². The van der Waals surface area contributed by atoms with Crippen molar-refractivity contribution in [2.45, 2.75) is 58.4 Å². The van der Waals surface area contributed by atoms with E-state index in [0.29, 0.717) is 17.0 Å². The summed E-state index contributed by atoms with van der Waals surface area (Å²) in [5.74, 6) is 1.35. The average Bonchev–Trinajstić information content (AvgIpc) is 2.46. The Balaban J connectivity index is 2.04. The maximum absolute atomic E-state index is 14.0. The van der Waals surface area contributed by atoms with Gasteiger partial charge >= 0.3 is 0 Å². The van der Waals surface area contributed by atoms with Crippen molar-refractivity contribution in [3.05, 3.63) is 34.6 Å². The van der Waals surface area contributed by atoms with Crippen LogP contribution in [0.2, 0.25) is 5.02 Å². The number of benzene rings is 1. The lowest BCUT2D eigenvalue weighted by atomic mass is 9.77. The second kappa shape index (κ2) is 8.14. The molecule has 0 amide bonds. The molecule has 1 aliphatic carbocycles. The molecular formula is C18H27ClFN. The normalized spacial score (nSPS) is 24.0. The van der Waals surface area contributed by atoms with E-state index in [1.54, 1.807) is 6.07 Å². The fourth-order valence-electron chi connectivity index (χ4n) is 3.35. The van der Waals surface area contributed by atoms with Crippen LogP contribution in [0.5, 0.6) is 0 Å². The van der Waals surface area contributed by atoms with Gasteiger partial charge in [-0.1, -0.05) is 44.4 Å². The van der Waals surface area contributed by atoms with Gasteiger partial charge in [0.2, 0.25) is 0 Å². The van der Waals surface area contributed by atoms with Gasteiger partial charge in [-0.15, -0.1) is 0 Å². The van der Waals surface area contributed by atoms with Gasteiger partial charge in [0.05, 0.1) is 0 Å². The van der Waals surface area contributed by atoms with Gasteiger partial charge in [0.15, 0.2) is 0 Å². The highest BCUT2D eigenvalue weighted by molar-refractivity contribution is 6.30. The molecule has 1 atom stereocenters. The molecule has 0 saturated heterocycles. The summed E-state index contributed by atoms with van der Waals surface area (Å²) in [6.07, 6.45) is 7.01. The molecule has 0 aliphatic heterocycles. The van der Waals surface area contributed by atoms with Gasteiger partial charge in [0.25, 0.3) is 0 Å². The Hall–Kier alpha value is -0.600. The molecule has 0 aromatic heterocycles. The van der Waals surface area contributed by atoms with Gasteiger partial charge in [-0.3, -0.25) is 0 Å². The maximum atomic E-state index is 14.0. The molecule has 0 bridgehead atoms. The summed E-state index contributed by atoms with van der Waals surface area (Å²) >= 11 is 5.85. The summed E-state index contributed by atoms with van der Waals surface area (Å²) in [5, 5.41) is 4.12. The van der Waals surface area contributed by atoms with Gasteiger partial charge in [0, 0.05) is 11.1 Å². The summed E-state index contributed by atoms with van der Waals surface area (Å²) in [5.41, 5.74) is 0.784. The van der Waals surface area contributed by atoms with Crippen LogP contribution in [0.1, 0.15) is 51.5 Å². The topological polar surface area (TPSA) is 12.0 Å². The van der Waals surface area contributed by atoms with E-state index in [4.69, 9.17) is 11.6 Å². The second-order valence-corrected chi connectivity index (χ2v) is 6.96. The third-order valence-corrected chi connectivity index (χ3v) is 4.98. The van der Waals surface area contributed by atoms with Crippen molar-refractivity contribution in [2.75, 3.05) is 6.54 Å². The van der Waals surface area contributed by atoms with Gasteiger partial charge < -0.3 is 5.32 Å². The molecule has 1 aromatic carbocycles. The van der Waals surface area contributed by atoms with Crippen molar-refractivity contribution >= 4 is 11.6 Å². The Labute approximate surface area is 133 Å². The minimum absolute atomic E-state index is 0.171. The van der Waals surface area contributed by atoms with E-state index in [-0.39, 0.29) is 5.82 Å². The van der Waals surface area contributed by atoms with E-state index >= 15 is 0 Å². The quantitative estimate of drug-likeness (QED) is 0.760. The number of halogens is 2. The van der Waals surface area contributed by atoms with E-state index in [1.165, 1.54) is 31.7 Å². The summed E-state index contributed by atoms with van der Waals surface area (Å²) in [4.78, 5) is 0. The van der Waals surface area contributed by atoms with Crippen LogP contribution < -0.4 is 5.32 Å². The van der Waals surface area contributed by atoms with Crippen molar-refractivity contribution in [1.82, 2.24) is 5.32 Å². The molecule has 3 heteroatoms. The summed E-state index contributed by atoms with van der Waals surface area (Å²) in [6, 6.07) is 5.44. The Morgan fingerprint density at radius 2 is 2.00 bits per heavy atom. The third-order valence-electron chi connectivity index (χ3n) is 4.74. The Morgan fingerprint density at radius 1 is 1.29 bits per heavy atom. The summed E-state index contributed by atoms with van der Waals surface area (Å²) in [7, 11) is 0. The molecule has 1 aliphatic rings. The summed E-state index contributed by atoms with van der Waals surface area (Å²) in [6.45, 7) is 5.52. The van der Waals surface area contributed by atoms with Crippen LogP contribution in [0, 0.1) is 17.7 Å². The van der Waals surface area contributed by atoms with Crippen molar-refractivity contribution in [2.24, 2.45) is 11.8 Å². The maximum Gasteiger partial charge on any atom is 0.127 e. The standard InChI is InChI=1S/C18H27ClFN/c1-3-10-21-18(14-6-4-13(2)5-7-14)11-15-8-9-16(19)12-17(15)20/h8-9,12-14,18,21H,3-7,10-11H2,1-2H3. The van der Waals surface area contributed by atoms with Crippen LogP contribution in [0.4, 0.5) is 4.39 Å². The van der Waals surface area contributed by atoms with Crippen molar-refractivity contribution in [3.63, 3.8) is 0 Å². The molecule has 0 spiro atoms. The SMILES string of the molecule is CCCNC(Cc1ccc(Cl)cc1F)C1CCC(C)CC1. The molecule has 1 nitrogen and oxygen atoms in total. The lowest BCUT2D eigenvalue weighted by Gasteiger charge is -2.33. The molecule has 0 radical (unpaired) electrons. The van der Waals surface area contributed by atoms with Gasteiger partial charge in [-0.25, -0.2) is 4.39 Å². The number of hydrogen-bond donors (Lipinski definition) is 1. The molecular weight excluding hydrogens is 285 g/mol. The zero-order chi connectivity index (χ0) is 15.2. The molecule has 21 heavy (non-hydrogen) atoms. The lowest BCUT2D eigenvalue weighted by Crippen LogP contribution is -2.40. The Kier molecular flexibility index (Phi) is 6.50. The Morgan fingerprint density at radius 3 is 2.62 bits per heavy atom. The molecule has 1 fully saturated rings. The second-order valence-electron chi connectivity index (χ2n) is 6.52. The highest BCUT2D eigenvalue weighted by Gasteiger charge is 2.26. The van der Waals surface area contributed by atoms with Crippen molar-refractivity contribution in [3.8, 4) is 0 Å². The van der Waals surface area contributed by atoms with Crippen LogP contribution in [0.25, 0.3) is 0 Å². The lowest BCUT2D eigenvalue weighted by molar-refractivity contribution is 0.228. The predicted octanol–water partition coefficient (Wildman–Crippen LogP) is 5.22. The first-order valence-electron chi connectivity index (χ1n) is 8.27. The zero-order valence-electron chi connectivity index (χ0n) is 13.2. The van der Waals surface area contributed by atoms with E-state index in [0.717, 1.165) is 30.9 Å². The molecule has 1 unspecified atom stereocenters. The first-order chi connectivity index (χ1) is 10.1. The van der Waals surface area contributed by atoms with Crippen LogP contribution in [0.3, 0.4) is 0 Å². The average molecular weight is 312 g/mol. The molecule has 118 valence electrons. The van der Waals surface area contributed by atoms with Gasteiger partial charge in [-0.05, 0) is 61.8 Å². The predicted molar refractivity (Wildman–Crippen MR) is 88.3 cm³/mol. The monoisotopic (exact) mass is 311 g/mol. The zero-order valence-corrected chi connectivity index (χ0v) is 13.9. The largest absolute Gasteiger partial charge is 0.313 e.